The molecule has 0 radical (unpaired) electrons. The fraction of sp³-hybridized carbons (Fsp3) is 0.708. The molecule has 0 spiro atoms. The third-order valence-corrected chi connectivity index (χ3v) is 6.44. The predicted octanol–water partition coefficient (Wildman–Crippen LogP) is 3.25. The van der Waals surface area contributed by atoms with Gasteiger partial charge in [-0.2, -0.15) is 0 Å². The Morgan fingerprint density at radius 1 is 1.10 bits per heavy atom. The molecule has 0 bridgehead atoms. The lowest BCUT2D eigenvalue weighted by Crippen LogP contribution is -2.63. The molecule has 5 nitrogen and oxygen atoms in total. The van der Waals surface area contributed by atoms with Crippen LogP contribution in [0.3, 0.4) is 0 Å². The molecule has 0 aromatic heterocycles. The van der Waals surface area contributed by atoms with Crippen molar-refractivity contribution in [2.45, 2.75) is 52.1 Å². The van der Waals surface area contributed by atoms with Gasteiger partial charge in [-0.1, -0.05) is 51.1 Å². The van der Waals surface area contributed by atoms with Gasteiger partial charge in [-0.25, -0.2) is 0 Å². The molecule has 2 fully saturated rings. The highest BCUT2D eigenvalue weighted by Crippen LogP contribution is 2.31. The van der Waals surface area contributed by atoms with E-state index in [2.05, 4.69) is 58.9 Å². The summed E-state index contributed by atoms with van der Waals surface area (Å²) in [7, 11) is 0. The number of carbonyl (C=O) groups excluding carboxylic acids is 1. The number of benzene rings is 1. The van der Waals surface area contributed by atoms with Gasteiger partial charge in [0, 0.05) is 71.0 Å². The highest BCUT2D eigenvalue weighted by molar-refractivity contribution is 5.76. The molecule has 0 atom stereocenters. The Labute approximate surface area is 177 Å². The molecule has 162 valence electrons. The van der Waals surface area contributed by atoms with Crippen LogP contribution in [0.2, 0.25) is 0 Å². The number of carbonyl (C=O) groups is 1. The molecule has 0 saturated carbocycles. The van der Waals surface area contributed by atoms with E-state index >= 15 is 0 Å². The van der Waals surface area contributed by atoms with Crippen LogP contribution < -0.4 is 0 Å². The van der Waals surface area contributed by atoms with Gasteiger partial charge in [0.2, 0.25) is 5.91 Å². The summed E-state index contributed by atoms with van der Waals surface area (Å²) in [6, 6.07) is 10.8. The molecular formula is C24H39N3O2. The summed E-state index contributed by atoms with van der Waals surface area (Å²) in [5.41, 5.74) is 1.45. The third-order valence-electron chi connectivity index (χ3n) is 6.44. The number of hydrogen-bond acceptors (Lipinski definition) is 4. The van der Waals surface area contributed by atoms with Crippen molar-refractivity contribution in [1.29, 1.82) is 0 Å². The van der Waals surface area contributed by atoms with Gasteiger partial charge in [-0.05, 0) is 24.3 Å². The van der Waals surface area contributed by atoms with E-state index in [9.17, 15) is 4.79 Å². The lowest BCUT2D eigenvalue weighted by Gasteiger charge is -2.51. The van der Waals surface area contributed by atoms with Gasteiger partial charge >= 0.3 is 0 Å². The Hall–Kier alpha value is -1.43. The summed E-state index contributed by atoms with van der Waals surface area (Å²) in [6.45, 7) is 15.0. The summed E-state index contributed by atoms with van der Waals surface area (Å²) >= 11 is 0. The van der Waals surface area contributed by atoms with E-state index in [1.54, 1.807) is 0 Å². The van der Waals surface area contributed by atoms with Crippen LogP contribution in [0.25, 0.3) is 0 Å². The van der Waals surface area contributed by atoms with Gasteiger partial charge < -0.3 is 9.64 Å². The van der Waals surface area contributed by atoms with Crippen molar-refractivity contribution in [2.75, 3.05) is 52.5 Å². The Bertz CT molecular complexity index is 620. The van der Waals surface area contributed by atoms with Crippen molar-refractivity contribution in [2.24, 2.45) is 5.92 Å². The van der Waals surface area contributed by atoms with E-state index in [-0.39, 0.29) is 11.4 Å². The molecule has 29 heavy (non-hydrogen) atoms. The second-order valence-electron chi connectivity index (χ2n) is 9.11. The van der Waals surface area contributed by atoms with Crippen LogP contribution in [-0.2, 0) is 16.1 Å². The van der Waals surface area contributed by atoms with Gasteiger partial charge in [0.25, 0.3) is 0 Å². The zero-order valence-electron chi connectivity index (χ0n) is 18.6. The number of nitrogens with zero attached hydrogens (tertiary/aromatic N) is 3. The molecule has 3 rings (SSSR count). The van der Waals surface area contributed by atoms with Crippen LogP contribution in [0.4, 0.5) is 0 Å². The largest absolute Gasteiger partial charge is 0.381 e. The molecular weight excluding hydrogens is 362 g/mol. The van der Waals surface area contributed by atoms with Crippen molar-refractivity contribution < 1.29 is 9.53 Å². The van der Waals surface area contributed by atoms with Crippen molar-refractivity contribution in [3.63, 3.8) is 0 Å². The molecule has 5 heteroatoms. The number of ether oxygens (including phenoxy) is 1. The molecule has 2 aliphatic heterocycles. The SMILES string of the molecule is CCC(=O)N(CC(C)C)CC1(N2CCN(Cc3ccccc3)CC2)CCOCC1. The maximum atomic E-state index is 12.7. The van der Waals surface area contributed by atoms with E-state index in [0.29, 0.717) is 12.3 Å². The Morgan fingerprint density at radius 3 is 2.34 bits per heavy atom. The Balaban J connectivity index is 1.66. The highest BCUT2D eigenvalue weighted by Gasteiger charge is 2.41. The fourth-order valence-electron chi connectivity index (χ4n) is 4.82. The summed E-state index contributed by atoms with van der Waals surface area (Å²) < 4.78 is 5.72. The van der Waals surface area contributed by atoms with Gasteiger partial charge in [0.15, 0.2) is 0 Å². The zero-order valence-corrected chi connectivity index (χ0v) is 18.6. The smallest absolute Gasteiger partial charge is 0.222 e. The lowest BCUT2D eigenvalue weighted by atomic mass is 9.86. The van der Waals surface area contributed by atoms with E-state index in [1.807, 2.05) is 6.92 Å². The van der Waals surface area contributed by atoms with Crippen LogP contribution in [0.15, 0.2) is 30.3 Å². The summed E-state index contributed by atoms with van der Waals surface area (Å²) in [6.07, 6.45) is 2.64. The number of rotatable bonds is 8. The van der Waals surface area contributed by atoms with Crippen LogP contribution in [0.5, 0.6) is 0 Å². The van der Waals surface area contributed by atoms with Gasteiger partial charge in [-0.3, -0.25) is 14.6 Å². The second kappa shape index (κ2) is 10.6. The van der Waals surface area contributed by atoms with Gasteiger partial charge in [0.1, 0.15) is 0 Å². The van der Waals surface area contributed by atoms with Gasteiger partial charge in [0.05, 0.1) is 0 Å². The highest BCUT2D eigenvalue weighted by atomic mass is 16.5. The Morgan fingerprint density at radius 2 is 1.76 bits per heavy atom. The number of piperazine rings is 1. The predicted molar refractivity (Wildman–Crippen MR) is 118 cm³/mol. The number of hydrogen-bond donors (Lipinski definition) is 0. The second-order valence-corrected chi connectivity index (χ2v) is 9.11. The molecule has 2 saturated heterocycles. The van der Waals surface area contributed by atoms with E-state index in [1.165, 1.54) is 5.56 Å². The monoisotopic (exact) mass is 401 g/mol. The molecule has 0 unspecified atom stereocenters. The van der Waals surface area contributed by atoms with Crippen molar-refractivity contribution >= 4 is 5.91 Å². The molecule has 2 heterocycles. The third kappa shape index (κ3) is 6.03. The lowest BCUT2D eigenvalue weighted by molar-refractivity contribution is -0.136. The van der Waals surface area contributed by atoms with Crippen LogP contribution >= 0.6 is 0 Å². The van der Waals surface area contributed by atoms with E-state index in [4.69, 9.17) is 4.74 Å². The molecule has 2 aliphatic rings. The topological polar surface area (TPSA) is 36.0 Å². The van der Waals surface area contributed by atoms with E-state index < -0.39 is 0 Å². The maximum absolute atomic E-state index is 12.7. The van der Waals surface area contributed by atoms with Crippen LogP contribution in [0.1, 0.15) is 45.6 Å². The minimum absolute atomic E-state index is 0.0663. The minimum Gasteiger partial charge on any atom is -0.381 e. The quantitative estimate of drug-likeness (QED) is 0.670. The number of amides is 1. The van der Waals surface area contributed by atoms with Crippen LogP contribution in [0, 0.1) is 5.92 Å². The Kier molecular flexibility index (Phi) is 8.10. The molecule has 1 aromatic carbocycles. The first-order valence-electron chi connectivity index (χ1n) is 11.4. The molecule has 0 aliphatic carbocycles. The maximum Gasteiger partial charge on any atom is 0.222 e. The van der Waals surface area contributed by atoms with Gasteiger partial charge in [-0.15, -0.1) is 0 Å². The summed E-state index contributed by atoms with van der Waals surface area (Å²) in [5.74, 6) is 0.775. The normalized spacial score (nSPS) is 20.7. The fourth-order valence-corrected chi connectivity index (χ4v) is 4.82. The first kappa shape index (κ1) is 22.3. The molecule has 1 aromatic rings. The average molecular weight is 402 g/mol. The van der Waals surface area contributed by atoms with Crippen molar-refractivity contribution in [3.05, 3.63) is 35.9 Å². The zero-order chi connectivity index (χ0) is 20.7. The van der Waals surface area contributed by atoms with Crippen molar-refractivity contribution in [1.82, 2.24) is 14.7 Å². The first-order chi connectivity index (χ1) is 14.0. The first-order valence-corrected chi connectivity index (χ1v) is 11.4. The molecule has 1 amide bonds. The standard InChI is InChI=1S/C24H39N3O2/c1-4-23(28)26(18-21(2)3)20-24(10-16-29-17-11-24)27-14-12-25(13-15-27)19-22-8-6-5-7-9-22/h5-9,21H,4,10-20H2,1-3H3. The van der Waals surface area contributed by atoms with E-state index in [0.717, 1.165) is 71.9 Å². The summed E-state index contributed by atoms with van der Waals surface area (Å²) in [4.78, 5) is 20.0. The van der Waals surface area contributed by atoms with Crippen molar-refractivity contribution in [3.8, 4) is 0 Å². The molecule has 0 N–H and O–H groups in total. The minimum atomic E-state index is 0.0663. The summed E-state index contributed by atoms with van der Waals surface area (Å²) in [5, 5.41) is 0. The van der Waals surface area contributed by atoms with Crippen LogP contribution in [-0.4, -0.2) is 78.6 Å². The average Bonchev–Trinajstić information content (AvgIpc) is 2.74.